The van der Waals surface area contributed by atoms with Crippen molar-refractivity contribution in [2.45, 2.75) is 32.4 Å². The van der Waals surface area contributed by atoms with Crippen LogP contribution in [0.4, 0.5) is 20.4 Å². The van der Waals surface area contributed by atoms with Gasteiger partial charge in [-0.2, -0.15) is 0 Å². The Morgan fingerprint density at radius 2 is 1.12 bits per heavy atom. The van der Waals surface area contributed by atoms with Crippen LogP contribution >= 0.6 is 0 Å². The molecule has 0 saturated carbocycles. The molecule has 8 aromatic rings. The highest BCUT2D eigenvalue weighted by molar-refractivity contribution is 5.90. The molecule has 2 aliphatic heterocycles. The molecule has 0 spiro atoms. The second-order valence-electron chi connectivity index (χ2n) is 13.5. The Balaban J connectivity index is 0.000000148. The van der Waals surface area contributed by atoms with Gasteiger partial charge in [0.1, 0.15) is 24.3 Å². The molecule has 1 unspecified atom stereocenters. The average molecular weight is 819 g/mol. The first kappa shape index (κ1) is 40.5. The summed E-state index contributed by atoms with van der Waals surface area (Å²) in [6.07, 6.45) is 19.1. The van der Waals surface area contributed by atoms with Gasteiger partial charge in [0.25, 0.3) is 11.7 Å². The number of carbonyl (C=O) groups excluding carboxylic acids is 1. The van der Waals surface area contributed by atoms with Crippen molar-refractivity contribution in [3.8, 4) is 11.4 Å². The number of carbonyl (C=O) groups is 2. The fraction of sp³-hybridized carbons (Fsp3) is 0.231. The predicted molar refractivity (Wildman–Crippen MR) is 215 cm³/mol. The highest BCUT2D eigenvalue weighted by atomic mass is 19.1. The van der Waals surface area contributed by atoms with E-state index in [1.54, 1.807) is 36.9 Å². The Morgan fingerprint density at radius 3 is 1.60 bits per heavy atom. The number of amides is 1. The van der Waals surface area contributed by atoms with Crippen LogP contribution in [0.2, 0.25) is 0 Å². The number of carboxylic acids is 1. The van der Waals surface area contributed by atoms with E-state index >= 15 is 0 Å². The van der Waals surface area contributed by atoms with Crippen molar-refractivity contribution in [2.24, 2.45) is 5.73 Å². The van der Waals surface area contributed by atoms with Crippen LogP contribution in [0.15, 0.2) is 111 Å². The van der Waals surface area contributed by atoms with Gasteiger partial charge >= 0.3 is 5.97 Å². The van der Waals surface area contributed by atoms with Gasteiger partial charge in [-0.1, -0.05) is 7.43 Å². The molecule has 10 rings (SSSR count). The first-order valence-electron chi connectivity index (χ1n) is 18.4. The number of aromatic carboxylic acids is 1. The minimum Gasteiger partial charge on any atom is -0.475 e. The zero-order chi connectivity index (χ0) is 40.9. The highest BCUT2D eigenvalue weighted by Crippen LogP contribution is 2.23. The van der Waals surface area contributed by atoms with Gasteiger partial charge in [-0.15, -0.1) is 10.2 Å². The first-order valence-corrected chi connectivity index (χ1v) is 18.4. The minimum atomic E-state index is -1.20. The number of hydrogen-bond acceptors (Lipinski definition) is 13. The van der Waals surface area contributed by atoms with E-state index < -0.39 is 5.97 Å². The molecular weight excluding hydrogens is 779 g/mol. The van der Waals surface area contributed by atoms with Gasteiger partial charge in [0.2, 0.25) is 5.82 Å². The Labute approximate surface area is 340 Å². The maximum absolute atomic E-state index is 13.1. The molecule has 2 aromatic carbocycles. The second kappa shape index (κ2) is 17.9. The SMILES string of the molecule is C.N[C@H]1CCN(c2nccn3ccnc23)C1.O=C(NC1CCN(c2nccn3ccnc23)C1)c1ncn(-c2ccc(F)cc2)n1.O=C(O)c1ncn(-c2ccc(F)cc2)n1. The number of nitrogens with zero attached hydrogens (tertiary/aromatic N) is 14. The zero-order valence-electron chi connectivity index (χ0n) is 31.1. The number of hydrogen-bond donors (Lipinski definition) is 3. The fourth-order valence-electron chi connectivity index (χ4n) is 6.59. The van der Waals surface area contributed by atoms with Crippen LogP contribution < -0.4 is 20.9 Å². The maximum Gasteiger partial charge on any atom is 0.375 e. The van der Waals surface area contributed by atoms with E-state index in [2.05, 4.69) is 55.2 Å². The third kappa shape index (κ3) is 9.05. The quantitative estimate of drug-likeness (QED) is 0.210. The smallest absolute Gasteiger partial charge is 0.375 e. The topological polar surface area (TPSA) is 221 Å². The molecule has 4 N–H and O–H groups in total. The number of rotatable bonds is 7. The number of anilines is 2. The number of benzene rings is 2. The number of fused-ring (bicyclic) bond motifs is 2. The summed E-state index contributed by atoms with van der Waals surface area (Å²) in [6, 6.07) is 11.5. The summed E-state index contributed by atoms with van der Waals surface area (Å²) >= 11 is 0. The van der Waals surface area contributed by atoms with Gasteiger partial charge in [-0.05, 0) is 61.4 Å². The first-order chi connectivity index (χ1) is 28.7. The number of carboxylic acid groups (broad SMARTS) is 1. The van der Waals surface area contributed by atoms with E-state index in [1.807, 2.05) is 33.6 Å². The van der Waals surface area contributed by atoms with E-state index in [0.29, 0.717) is 17.9 Å². The Bertz CT molecular complexity index is 2700. The lowest BCUT2D eigenvalue weighted by Crippen LogP contribution is -2.37. The molecule has 8 heterocycles. The molecule has 1 amide bonds. The Hall–Kier alpha value is -7.68. The molecule has 60 heavy (non-hydrogen) atoms. The van der Waals surface area contributed by atoms with Crippen LogP contribution in [0, 0.1) is 11.6 Å². The zero-order valence-corrected chi connectivity index (χ0v) is 31.1. The van der Waals surface area contributed by atoms with E-state index in [1.165, 1.54) is 58.4 Å². The van der Waals surface area contributed by atoms with E-state index in [9.17, 15) is 18.4 Å². The minimum absolute atomic E-state index is 0. The van der Waals surface area contributed by atoms with E-state index in [0.717, 1.165) is 55.4 Å². The summed E-state index contributed by atoms with van der Waals surface area (Å²) in [6.45, 7) is 3.24. The summed E-state index contributed by atoms with van der Waals surface area (Å²) in [5, 5.41) is 19.5. The lowest BCUT2D eigenvalue weighted by atomic mass is 10.2. The molecule has 2 fully saturated rings. The molecule has 0 aliphatic carbocycles. The van der Waals surface area contributed by atoms with Crippen LogP contribution in [0.3, 0.4) is 0 Å². The molecular formula is C39H40F2N16O3. The molecule has 0 radical (unpaired) electrons. The summed E-state index contributed by atoms with van der Waals surface area (Å²) in [7, 11) is 0. The average Bonchev–Trinajstić information content (AvgIpc) is 4.10. The largest absolute Gasteiger partial charge is 0.475 e. The van der Waals surface area contributed by atoms with Gasteiger partial charge in [-0.25, -0.2) is 52.8 Å². The standard InChI is InChI=1S/C19H17FN8O.C10H13N5.C9H6FN3O2.CH4/c20-13-1-3-15(4-2-13)28-12-23-16(25-28)19(29)24-14-5-8-27(11-14)18-17-21-6-9-26(17)10-7-22-18;11-8-1-4-15(7-8)10-9-12-2-5-14(9)6-3-13-10;10-6-1-3-7(4-2-6)13-5-11-8(12-13)9(14)15;/h1-4,6-7,9-10,12,14H,5,8,11H2,(H,24,29);2-3,5-6,8H,1,4,7,11H2;1-5H,(H,14,15);1H4/t;8-;;/m.0../s1. The summed E-state index contributed by atoms with van der Waals surface area (Å²) < 4.78 is 32.3. The Morgan fingerprint density at radius 1 is 0.650 bits per heavy atom. The third-order valence-corrected chi connectivity index (χ3v) is 9.49. The van der Waals surface area contributed by atoms with Crippen LogP contribution in [0.5, 0.6) is 0 Å². The molecule has 2 saturated heterocycles. The highest BCUT2D eigenvalue weighted by Gasteiger charge is 2.28. The van der Waals surface area contributed by atoms with Crippen LogP contribution in [-0.2, 0) is 0 Å². The molecule has 308 valence electrons. The molecule has 21 heteroatoms. The monoisotopic (exact) mass is 818 g/mol. The van der Waals surface area contributed by atoms with Gasteiger partial charge in [0.05, 0.1) is 11.4 Å². The van der Waals surface area contributed by atoms with Crippen molar-refractivity contribution in [1.82, 2.24) is 63.6 Å². The number of imidazole rings is 2. The number of halogens is 2. The van der Waals surface area contributed by atoms with Crippen LogP contribution in [0.1, 0.15) is 41.5 Å². The molecule has 19 nitrogen and oxygen atoms in total. The molecule has 0 bridgehead atoms. The normalized spacial score (nSPS) is 15.8. The van der Waals surface area contributed by atoms with Crippen molar-refractivity contribution in [2.75, 3.05) is 36.0 Å². The number of aromatic nitrogens is 12. The second-order valence-corrected chi connectivity index (χ2v) is 13.5. The molecule has 6 aromatic heterocycles. The van der Waals surface area contributed by atoms with Crippen LogP contribution in [-0.4, -0.2) is 114 Å². The van der Waals surface area contributed by atoms with Crippen molar-refractivity contribution in [3.63, 3.8) is 0 Å². The maximum atomic E-state index is 13.1. The van der Waals surface area contributed by atoms with Gasteiger partial charge in [0, 0.05) is 87.8 Å². The molecule has 2 aliphatic rings. The lowest BCUT2D eigenvalue weighted by Gasteiger charge is -2.18. The van der Waals surface area contributed by atoms with Crippen LogP contribution in [0.25, 0.3) is 22.7 Å². The lowest BCUT2D eigenvalue weighted by molar-refractivity contribution is 0.0683. The van der Waals surface area contributed by atoms with Crippen molar-refractivity contribution < 1.29 is 23.5 Å². The third-order valence-electron chi connectivity index (χ3n) is 9.49. The van der Waals surface area contributed by atoms with E-state index in [4.69, 9.17) is 10.8 Å². The van der Waals surface area contributed by atoms with Gasteiger partial charge < -0.3 is 34.8 Å². The summed E-state index contributed by atoms with van der Waals surface area (Å²) in [5.74, 6) is -0.722. The number of nitrogens with one attached hydrogen (secondary N) is 1. The summed E-state index contributed by atoms with van der Waals surface area (Å²) in [5.41, 5.74) is 8.77. The molecule has 2 atom stereocenters. The Kier molecular flexibility index (Phi) is 12.1. The summed E-state index contributed by atoms with van der Waals surface area (Å²) in [4.78, 5) is 52.5. The van der Waals surface area contributed by atoms with E-state index in [-0.39, 0.29) is 48.7 Å². The van der Waals surface area contributed by atoms with Crippen molar-refractivity contribution >= 4 is 34.8 Å². The van der Waals surface area contributed by atoms with Crippen molar-refractivity contribution in [3.05, 3.63) is 134 Å². The van der Waals surface area contributed by atoms with Crippen molar-refractivity contribution in [1.29, 1.82) is 0 Å². The number of nitrogens with two attached hydrogens (primary N) is 1. The predicted octanol–water partition coefficient (Wildman–Crippen LogP) is 3.47. The van der Waals surface area contributed by atoms with Gasteiger partial charge in [0.15, 0.2) is 22.9 Å². The fourth-order valence-corrected chi connectivity index (χ4v) is 6.59. The van der Waals surface area contributed by atoms with Gasteiger partial charge in [-0.3, -0.25) is 4.79 Å².